The first-order chi connectivity index (χ1) is 10.5. The van der Waals surface area contributed by atoms with E-state index < -0.39 is 0 Å². The fraction of sp³-hybridized carbons (Fsp3) is 0.571. The average molecular weight is 320 g/mol. The van der Waals surface area contributed by atoms with Gasteiger partial charge < -0.3 is 10.6 Å². The van der Waals surface area contributed by atoms with Crippen LogP contribution in [0.4, 0.5) is 5.95 Å². The topological polar surface area (TPSA) is 89.4 Å². The molecule has 1 saturated heterocycles. The molecule has 1 fully saturated rings. The predicted octanol–water partition coefficient (Wildman–Crippen LogP) is 1.37. The maximum Gasteiger partial charge on any atom is 0.233 e. The van der Waals surface area contributed by atoms with Crippen molar-refractivity contribution in [3.05, 3.63) is 11.8 Å². The van der Waals surface area contributed by atoms with Crippen LogP contribution in [0.25, 0.3) is 5.65 Å². The summed E-state index contributed by atoms with van der Waals surface area (Å²) >= 11 is 1.36. The van der Waals surface area contributed by atoms with Crippen LogP contribution in [0.1, 0.15) is 25.5 Å². The van der Waals surface area contributed by atoms with Gasteiger partial charge in [0.2, 0.25) is 11.9 Å². The number of aryl methyl sites for hydroxylation is 1. The predicted molar refractivity (Wildman–Crippen MR) is 85.6 cm³/mol. The molecule has 2 aromatic heterocycles. The van der Waals surface area contributed by atoms with E-state index in [9.17, 15) is 4.79 Å². The lowest BCUT2D eigenvalue weighted by atomic mass is 9.99. The Hall–Kier alpha value is -1.83. The maximum absolute atomic E-state index is 12.3. The van der Waals surface area contributed by atoms with E-state index in [-0.39, 0.29) is 5.91 Å². The van der Waals surface area contributed by atoms with Crippen LogP contribution in [0.3, 0.4) is 0 Å². The van der Waals surface area contributed by atoms with Gasteiger partial charge >= 0.3 is 0 Å². The summed E-state index contributed by atoms with van der Waals surface area (Å²) in [7, 11) is 0. The molecule has 3 rings (SSSR count). The van der Waals surface area contributed by atoms with E-state index in [0.29, 0.717) is 28.4 Å². The molecule has 0 radical (unpaired) electrons. The number of rotatable bonds is 3. The number of carbonyl (C=O) groups is 1. The molecule has 0 unspecified atom stereocenters. The Morgan fingerprint density at radius 3 is 2.86 bits per heavy atom. The van der Waals surface area contributed by atoms with Crippen LogP contribution in [0, 0.1) is 12.8 Å². The first kappa shape index (κ1) is 15.1. The molecule has 8 heteroatoms. The second-order valence-electron chi connectivity index (χ2n) is 5.78. The van der Waals surface area contributed by atoms with Crippen LogP contribution in [0.15, 0.2) is 11.2 Å². The van der Waals surface area contributed by atoms with Gasteiger partial charge in [-0.05, 0) is 25.7 Å². The van der Waals surface area contributed by atoms with Gasteiger partial charge in [-0.15, -0.1) is 10.2 Å². The fourth-order valence-electron chi connectivity index (χ4n) is 2.61. The van der Waals surface area contributed by atoms with Gasteiger partial charge in [0.05, 0.1) is 5.75 Å². The molecule has 0 atom stereocenters. The van der Waals surface area contributed by atoms with E-state index in [1.807, 2.05) is 17.9 Å². The Labute approximate surface area is 133 Å². The van der Waals surface area contributed by atoms with Gasteiger partial charge in [-0.2, -0.15) is 0 Å². The van der Waals surface area contributed by atoms with Gasteiger partial charge in [0, 0.05) is 24.8 Å². The summed E-state index contributed by atoms with van der Waals surface area (Å²) < 4.78 is 1.68. The Morgan fingerprint density at radius 1 is 1.41 bits per heavy atom. The largest absolute Gasteiger partial charge is 0.369 e. The second kappa shape index (κ2) is 6.12. The second-order valence-corrected chi connectivity index (χ2v) is 6.73. The average Bonchev–Trinajstić information content (AvgIpc) is 2.88. The van der Waals surface area contributed by atoms with Crippen LogP contribution in [-0.2, 0) is 4.79 Å². The highest BCUT2D eigenvalue weighted by Crippen LogP contribution is 2.22. The van der Waals surface area contributed by atoms with Crippen molar-refractivity contribution in [2.75, 3.05) is 24.6 Å². The summed E-state index contributed by atoms with van der Waals surface area (Å²) in [4.78, 5) is 18.4. The summed E-state index contributed by atoms with van der Waals surface area (Å²) in [6, 6.07) is 1.82. The molecule has 0 aliphatic carbocycles. The molecule has 7 nitrogen and oxygen atoms in total. The zero-order valence-electron chi connectivity index (χ0n) is 12.8. The molecule has 1 amide bonds. The number of aromatic nitrogens is 4. The third-order valence-corrected chi connectivity index (χ3v) is 4.89. The number of nitrogen functional groups attached to an aromatic ring is 1. The van der Waals surface area contributed by atoms with Gasteiger partial charge in [0.15, 0.2) is 10.8 Å². The molecule has 0 aromatic carbocycles. The molecule has 0 spiro atoms. The van der Waals surface area contributed by atoms with Gasteiger partial charge in [0.25, 0.3) is 0 Å². The summed E-state index contributed by atoms with van der Waals surface area (Å²) in [5.41, 5.74) is 7.39. The highest BCUT2D eigenvalue weighted by atomic mass is 32.2. The van der Waals surface area contributed by atoms with Gasteiger partial charge in [-0.1, -0.05) is 18.7 Å². The smallest absolute Gasteiger partial charge is 0.233 e. The van der Waals surface area contributed by atoms with Crippen molar-refractivity contribution in [2.24, 2.45) is 5.92 Å². The quantitative estimate of drug-likeness (QED) is 0.859. The maximum atomic E-state index is 12.3. The highest BCUT2D eigenvalue weighted by Gasteiger charge is 2.21. The minimum absolute atomic E-state index is 0.146. The SMILES string of the molecule is Cc1cc2nnc(SCC(=O)N3CCC(C)CC3)n2c(N)n1. The summed E-state index contributed by atoms with van der Waals surface area (Å²) in [5, 5.41) is 8.81. The number of thioether (sulfide) groups is 1. The number of piperidine rings is 1. The lowest BCUT2D eigenvalue weighted by Crippen LogP contribution is -2.38. The Bertz CT molecular complexity index is 692. The number of anilines is 1. The lowest BCUT2D eigenvalue weighted by Gasteiger charge is -2.30. The Balaban J connectivity index is 1.68. The van der Waals surface area contributed by atoms with E-state index in [0.717, 1.165) is 31.6 Å². The zero-order valence-corrected chi connectivity index (χ0v) is 13.6. The van der Waals surface area contributed by atoms with E-state index in [4.69, 9.17) is 5.73 Å². The molecular formula is C14H20N6OS. The molecule has 22 heavy (non-hydrogen) atoms. The van der Waals surface area contributed by atoms with Gasteiger partial charge in [-0.25, -0.2) is 9.38 Å². The molecular weight excluding hydrogens is 300 g/mol. The number of likely N-dealkylation sites (tertiary alicyclic amines) is 1. The number of fused-ring (bicyclic) bond motifs is 1. The van der Waals surface area contributed by atoms with E-state index in [1.165, 1.54) is 11.8 Å². The van der Waals surface area contributed by atoms with Crippen molar-refractivity contribution in [1.29, 1.82) is 0 Å². The van der Waals surface area contributed by atoms with E-state index in [2.05, 4.69) is 22.1 Å². The van der Waals surface area contributed by atoms with Crippen molar-refractivity contribution in [3.63, 3.8) is 0 Å². The standard InChI is InChI=1S/C14H20N6OS/c1-9-3-5-19(6-4-9)12(21)8-22-14-18-17-11-7-10(2)16-13(15)20(11)14/h7,9H,3-6,8H2,1-2H3,(H2,15,16). The summed E-state index contributed by atoms with van der Waals surface area (Å²) in [5.74, 6) is 1.56. The third-order valence-electron chi connectivity index (χ3n) is 3.98. The number of hydrogen-bond acceptors (Lipinski definition) is 6. The van der Waals surface area contributed by atoms with Gasteiger partial charge in [-0.3, -0.25) is 4.79 Å². The van der Waals surface area contributed by atoms with Crippen molar-refractivity contribution in [3.8, 4) is 0 Å². The van der Waals surface area contributed by atoms with Crippen molar-refractivity contribution < 1.29 is 4.79 Å². The normalized spacial score (nSPS) is 16.4. The van der Waals surface area contributed by atoms with Crippen LogP contribution >= 0.6 is 11.8 Å². The molecule has 2 aromatic rings. The van der Waals surface area contributed by atoms with Crippen LogP contribution in [0.5, 0.6) is 0 Å². The first-order valence-corrected chi connectivity index (χ1v) is 8.42. The number of nitrogens with two attached hydrogens (primary N) is 1. The molecule has 2 N–H and O–H groups in total. The highest BCUT2D eigenvalue weighted by molar-refractivity contribution is 7.99. The van der Waals surface area contributed by atoms with Gasteiger partial charge in [0.1, 0.15) is 0 Å². The zero-order chi connectivity index (χ0) is 15.7. The van der Waals surface area contributed by atoms with E-state index in [1.54, 1.807) is 4.40 Å². The minimum Gasteiger partial charge on any atom is -0.369 e. The summed E-state index contributed by atoms with van der Waals surface area (Å²) in [6.45, 7) is 5.80. The van der Waals surface area contributed by atoms with E-state index >= 15 is 0 Å². The minimum atomic E-state index is 0.146. The molecule has 3 heterocycles. The summed E-state index contributed by atoms with van der Waals surface area (Å²) in [6.07, 6.45) is 2.17. The molecule has 0 bridgehead atoms. The number of nitrogens with zero attached hydrogens (tertiary/aromatic N) is 5. The number of amides is 1. The van der Waals surface area contributed by atoms with Crippen LogP contribution in [0.2, 0.25) is 0 Å². The van der Waals surface area contributed by atoms with Crippen molar-refractivity contribution in [1.82, 2.24) is 24.5 Å². The number of hydrogen-bond donors (Lipinski definition) is 1. The molecule has 1 aliphatic heterocycles. The molecule has 0 saturated carbocycles. The third kappa shape index (κ3) is 3.01. The van der Waals surface area contributed by atoms with Crippen molar-refractivity contribution in [2.45, 2.75) is 31.8 Å². The van der Waals surface area contributed by atoms with Crippen LogP contribution < -0.4 is 5.73 Å². The van der Waals surface area contributed by atoms with Crippen molar-refractivity contribution >= 4 is 29.3 Å². The van der Waals surface area contributed by atoms with Crippen LogP contribution in [-0.4, -0.2) is 49.2 Å². The monoisotopic (exact) mass is 320 g/mol. The Morgan fingerprint density at radius 2 is 2.14 bits per heavy atom. The molecule has 118 valence electrons. The first-order valence-electron chi connectivity index (χ1n) is 7.43. The Kier molecular flexibility index (Phi) is 4.19. The lowest BCUT2D eigenvalue weighted by molar-refractivity contribution is -0.129. The fourth-order valence-corrected chi connectivity index (χ4v) is 3.46. The number of carbonyl (C=O) groups excluding carboxylic acids is 1. The molecule has 1 aliphatic rings.